The van der Waals surface area contributed by atoms with Crippen LogP contribution >= 0.6 is 0 Å². The monoisotopic (exact) mass is 955 g/mol. The van der Waals surface area contributed by atoms with Crippen LogP contribution in [0.15, 0.2) is 36.5 Å². The Kier molecular flexibility index (Phi) is 55.2. The Balaban J connectivity index is 4.21. The van der Waals surface area contributed by atoms with Gasteiger partial charge < -0.3 is 14.2 Å². The van der Waals surface area contributed by atoms with Gasteiger partial charge in [0.15, 0.2) is 6.10 Å². The quantitative estimate of drug-likeness (QED) is 0.0262. The molecule has 0 saturated heterocycles. The molecule has 0 N–H and O–H groups in total. The van der Waals surface area contributed by atoms with Crippen LogP contribution in [0.5, 0.6) is 0 Å². The molecule has 0 aliphatic rings. The normalized spacial score (nSPS) is 12.2. The topological polar surface area (TPSA) is 78.9 Å². The van der Waals surface area contributed by atoms with Crippen molar-refractivity contribution in [3.63, 3.8) is 0 Å². The minimum atomic E-state index is -0.777. The molecule has 6 heteroatoms. The van der Waals surface area contributed by atoms with Crippen LogP contribution in [0.3, 0.4) is 0 Å². The van der Waals surface area contributed by atoms with Crippen LogP contribution in [0, 0.1) is 0 Å². The zero-order valence-electron chi connectivity index (χ0n) is 45.6. The maximum Gasteiger partial charge on any atom is 0.306 e. The number of hydrogen-bond acceptors (Lipinski definition) is 6. The molecule has 1 atom stereocenters. The van der Waals surface area contributed by atoms with E-state index in [1.165, 1.54) is 186 Å². The Hall–Kier alpha value is -2.37. The lowest BCUT2D eigenvalue weighted by Gasteiger charge is -2.18. The van der Waals surface area contributed by atoms with Crippen molar-refractivity contribution in [1.29, 1.82) is 0 Å². The number of hydrogen-bond donors (Lipinski definition) is 0. The molecule has 0 radical (unpaired) electrons. The summed E-state index contributed by atoms with van der Waals surface area (Å²) in [5.74, 6) is -0.874. The highest BCUT2D eigenvalue weighted by Crippen LogP contribution is 2.17. The van der Waals surface area contributed by atoms with Gasteiger partial charge in [-0.15, -0.1) is 0 Å². The fourth-order valence-corrected chi connectivity index (χ4v) is 8.93. The van der Waals surface area contributed by atoms with Crippen LogP contribution in [0.1, 0.15) is 323 Å². The summed E-state index contributed by atoms with van der Waals surface area (Å²) in [4.78, 5) is 38.1. The van der Waals surface area contributed by atoms with E-state index in [2.05, 4.69) is 57.2 Å². The Bertz CT molecular complexity index is 1140. The molecule has 0 bridgehead atoms. The molecule has 0 aliphatic heterocycles. The van der Waals surface area contributed by atoms with E-state index in [-0.39, 0.29) is 31.1 Å². The predicted molar refractivity (Wildman–Crippen MR) is 293 cm³/mol. The van der Waals surface area contributed by atoms with Gasteiger partial charge in [-0.05, 0) is 51.4 Å². The first kappa shape index (κ1) is 65.6. The van der Waals surface area contributed by atoms with E-state index in [9.17, 15) is 14.4 Å². The maximum absolute atomic E-state index is 12.8. The second kappa shape index (κ2) is 57.2. The van der Waals surface area contributed by atoms with E-state index in [1.54, 1.807) is 0 Å². The van der Waals surface area contributed by atoms with E-state index >= 15 is 0 Å². The zero-order chi connectivity index (χ0) is 49.3. The molecule has 0 amide bonds. The Morgan fingerprint density at radius 1 is 0.309 bits per heavy atom. The van der Waals surface area contributed by atoms with Gasteiger partial charge in [0, 0.05) is 19.3 Å². The second-order valence-corrected chi connectivity index (χ2v) is 20.2. The Labute approximate surface area is 423 Å². The van der Waals surface area contributed by atoms with Crippen molar-refractivity contribution in [3.8, 4) is 0 Å². The van der Waals surface area contributed by atoms with E-state index in [0.717, 1.165) is 96.3 Å². The number of unbranched alkanes of at least 4 members (excludes halogenated alkanes) is 38. The van der Waals surface area contributed by atoms with Gasteiger partial charge in [-0.3, -0.25) is 14.4 Å². The van der Waals surface area contributed by atoms with Gasteiger partial charge in [0.1, 0.15) is 13.2 Å². The standard InChI is InChI=1S/C62H114O6/c1-4-7-10-13-16-19-22-24-26-27-28-29-30-31-32-33-34-36-37-40-43-46-49-52-55-61(64)67-58-59(57-66-60(63)54-51-48-45-42-39-21-18-15-12-9-6-3)68-62(65)56-53-50-47-44-41-38-35-25-23-20-17-14-11-8-5-2/h8,11,17,20,25,35,59H,4-7,9-10,12-16,18-19,21-24,26-34,36-58H2,1-3H3/b11-8-,20-17-,35-25-. The number of esters is 3. The average molecular weight is 956 g/mol. The molecule has 68 heavy (non-hydrogen) atoms. The fourth-order valence-electron chi connectivity index (χ4n) is 8.93. The molecule has 0 aromatic heterocycles. The van der Waals surface area contributed by atoms with Gasteiger partial charge in [0.2, 0.25) is 0 Å². The van der Waals surface area contributed by atoms with Gasteiger partial charge in [-0.1, -0.05) is 288 Å². The summed E-state index contributed by atoms with van der Waals surface area (Å²) >= 11 is 0. The smallest absolute Gasteiger partial charge is 0.306 e. The molecule has 6 nitrogen and oxygen atoms in total. The molecule has 0 spiro atoms. The van der Waals surface area contributed by atoms with Crippen LogP contribution in [-0.2, 0) is 28.6 Å². The lowest BCUT2D eigenvalue weighted by molar-refractivity contribution is -0.167. The minimum absolute atomic E-state index is 0.0745. The van der Waals surface area contributed by atoms with Crippen molar-refractivity contribution < 1.29 is 28.6 Å². The molecule has 0 fully saturated rings. The molecule has 0 aromatic rings. The van der Waals surface area contributed by atoms with E-state index in [4.69, 9.17) is 14.2 Å². The molecule has 0 aromatic carbocycles. The van der Waals surface area contributed by atoms with Crippen molar-refractivity contribution in [2.75, 3.05) is 13.2 Å². The molecule has 1 unspecified atom stereocenters. The van der Waals surface area contributed by atoms with Gasteiger partial charge in [-0.25, -0.2) is 0 Å². The number of allylic oxidation sites excluding steroid dienone is 6. The van der Waals surface area contributed by atoms with Gasteiger partial charge in [0.25, 0.3) is 0 Å². The number of carbonyl (C=O) groups is 3. The van der Waals surface area contributed by atoms with Crippen LogP contribution in [0.2, 0.25) is 0 Å². The molecule has 0 heterocycles. The Morgan fingerprint density at radius 2 is 0.574 bits per heavy atom. The lowest BCUT2D eigenvalue weighted by Crippen LogP contribution is -2.30. The summed E-state index contributed by atoms with van der Waals surface area (Å²) < 4.78 is 16.9. The zero-order valence-corrected chi connectivity index (χ0v) is 45.6. The van der Waals surface area contributed by atoms with E-state index in [1.807, 2.05) is 0 Å². The number of carbonyl (C=O) groups excluding carboxylic acids is 3. The SMILES string of the molecule is CC/C=C\C/C=C\C/C=C\CCCCCCCC(=O)OC(COC(=O)CCCCCCCCCCCCC)COC(=O)CCCCCCCCCCCCCCCCCCCCCCCCCC. The summed E-state index contributed by atoms with van der Waals surface area (Å²) in [6.45, 7) is 6.55. The third-order valence-electron chi connectivity index (χ3n) is 13.4. The number of rotatable bonds is 55. The van der Waals surface area contributed by atoms with E-state index < -0.39 is 6.10 Å². The largest absolute Gasteiger partial charge is 0.462 e. The molecule has 0 rings (SSSR count). The van der Waals surface area contributed by atoms with Crippen LogP contribution in [0.25, 0.3) is 0 Å². The average Bonchev–Trinajstić information content (AvgIpc) is 3.34. The highest BCUT2D eigenvalue weighted by atomic mass is 16.6. The predicted octanol–water partition coefficient (Wildman–Crippen LogP) is 20.0. The van der Waals surface area contributed by atoms with E-state index in [0.29, 0.717) is 19.3 Å². The maximum atomic E-state index is 12.8. The van der Waals surface area contributed by atoms with Crippen molar-refractivity contribution in [1.82, 2.24) is 0 Å². The summed E-state index contributed by atoms with van der Waals surface area (Å²) in [5.41, 5.74) is 0. The number of ether oxygens (including phenoxy) is 3. The first-order chi connectivity index (χ1) is 33.5. The second-order valence-electron chi connectivity index (χ2n) is 20.2. The van der Waals surface area contributed by atoms with Crippen molar-refractivity contribution in [3.05, 3.63) is 36.5 Å². The lowest BCUT2D eigenvalue weighted by atomic mass is 10.0. The van der Waals surface area contributed by atoms with Crippen molar-refractivity contribution >= 4 is 17.9 Å². The van der Waals surface area contributed by atoms with Crippen LogP contribution < -0.4 is 0 Å². The minimum Gasteiger partial charge on any atom is -0.462 e. The van der Waals surface area contributed by atoms with Crippen LogP contribution in [-0.4, -0.2) is 37.2 Å². The van der Waals surface area contributed by atoms with Crippen LogP contribution in [0.4, 0.5) is 0 Å². The highest BCUT2D eigenvalue weighted by molar-refractivity contribution is 5.71. The van der Waals surface area contributed by atoms with Crippen molar-refractivity contribution in [2.45, 2.75) is 329 Å². The van der Waals surface area contributed by atoms with Gasteiger partial charge in [0.05, 0.1) is 0 Å². The highest BCUT2D eigenvalue weighted by Gasteiger charge is 2.19. The first-order valence-electron chi connectivity index (χ1n) is 30.0. The summed E-state index contributed by atoms with van der Waals surface area (Å²) in [5, 5.41) is 0. The van der Waals surface area contributed by atoms with Gasteiger partial charge >= 0.3 is 17.9 Å². The van der Waals surface area contributed by atoms with Crippen molar-refractivity contribution in [2.24, 2.45) is 0 Å². The first-order valence-corrected chi connectivity index (χ1v) is 30.0. The molecule has 0 saturated carbocycles. The summed E-state index contributed by atoms with van der Waals surface area (Å²) in [7, 11) is 0. The van der Waals surface area contributed by atoms with Gasteiger partial charge in [-0.2, -0.15) is 0 Å². The molecule has 398 valence electrons. The fraction of sp³-hybridized carbons (Fsp3) is 0.855. The Morgan fingerprint density at radius 3 is 0.897 bits per heavy atom. The molecular weight excluding hydrogens is 841 g/mol. The molecular formula is C62H114O6. The summed E-state index contributed by atoms with van der Waals surface area (Å²) in [6.07, 6.45) is 68.7. The summed E-state index contributed by atoms with van der Waals surface area (Å²) in [6, 6.07) is 0. The third-order valence-corrected chi connectivity index (χ3v) is 13.4. The third kappa shape index (κ3) is 54.6. The molecule has 0 aliphatic carbocycles.